The molecule has 0 heterocycles. The standard InChI is InChI=1S/C23H26N2O6/c1-15(26)24-19-5-3-4-18(13-19)17-8-6-16(7-9-17)12-20(14-22(28)29)25-21(27)10-11-23(30)31-2/h3-9,13,20H,10-12,14H2,1-2H3,(H,24,26)(H,25,27)(H,28,29). The minimum Gasteiger partial charge on any atom is -0.481 e. The van der Waals surface area contributed by atoms with Crippen LogP contribution in [0.1, 0.15) is 31.7 Å². The number of hydrogen-bond donors (Lipinski definition) is 3. The highest BCUT2D eigenvalue weighted by molar-refractivity contribution is 5.89. The van der Waals surface area contributed by atoms with E-state index in [1.165, 1.54) is 14.0 Å². The molecular weight excluding hydrogens is 400 g/mol. The largest absolute Gasteiger partial charge is 0.481 e. The third-order valence-electron chi connectivity index (χ3n) is 4.52. The van der Waals surface area contributed by atoms with Gasteiger partial charge in [-0.05, 0) is 35.2 Å². The fourth-order valence-electron chi connectivity index (χ4n) is 3.10. The highest BCUT2D eigenvalue weighted by atomic mass is 16.5. The van der Waals surface area contributed by atoms with Crippen molar-refractivity contribution in [1.29, 1.82) is 0 Å². The van der Waals surface area contributed by atoms with Gasteiger partial charge in [-0.25, -0.2) is 0 Å². The second-order valence-corrected chi connectivity index (χ2v) is 7.10. The maximum absolute atomic E-state index is 12.1. The molecule has 0 aliphatic heterocycles. The van der Waals surface area contributed by atoms with Crippen LogP contribution in [0, 0.1) is 0 Å². The average molecular weight is 426 g/mol. The van der Waals surface area contributed by atoms with Crippen molar-refractivity contribution in [3.05, 3.63) is 54.1 Å². The Labute approximate surface area is 180 Å². The van der Waals surface area contributed by atoms with E-state index < -0.39 is 23.9 Å². The van der Waals surface area contributed by atoms with Gasteiger partial charge in [-0.1, -0.05) is 36.4 Å². The van der Waals surface area contributed by atoms with Crippen molar-refractivity contribution in [2.24, 2.45) is 0 Å². The Morgan fingerprint density at radius 3 is 2.32 bits per heavy atom. The van der Waals surface area contributed by atoms with Crippen molar-refractivity contribution >= 4 is 29.4 Å². The molecule has 0 saturated heterocycles. The number of amides is 2. The molecule has 2 rings (SSSR count). The number of carboxylic acids is 1. The quantitative estimate of drug-likeness (QED) is 0.502. The molecular formula is C23H26N2O6. The topological polar surface area (TPSA) is 122 Å². The lowest BCUT2D eigenvalue weighted by atomic mass is 9.99. The van der Waals surface area contributed by atoms with Crippen LogP contribution in [0.3, 0.4) is 0 Å². The molecule has 0 spiro atoms. The molecule has 2 aromatic rings. The number of nitrogens with one attached hydrogen (secondary N) is 2. The Kier molecular flexibility index (Phi) is 8.75. The number of aliphatic carboxylic acids is 1. The smallest absolute Gasteiger partial charge is 0.306 e. The third kappa shape index (κ3) is 8.30. The van der Waals surface area contributed by atoms with E-state index in [2.05, 4.69) is 15.4 Å². The van der Waals surface area contributed by atoms with Gasteiger partial charge in [0.25, 0.3) is 0 Å². The average Bonchev–Trinajstić information content (AvgIpc) is 2.71. The lowest BCUT2D eigenvalue weighted by Gasteiger charge is -2.17. The first-order valence-corrected chi connectivity index (χ1v) is 9.81. The minimum absolute atomic E-state index is 0.0611. The molecule has 2 aromatic carbocycles. The maximum Gasteiger partial charge on any atom is 0.306 e. The van der Waals surface area contributed by atoms with Crippen LogP contribution in [0.5, 0.6) is 0 Å². The maximum atomic E-state index is 12.1. The lowest BCUT2D eigenvalue weighted by molar-refractivity contribution is -0.142. The summed E-state index contributed by atoms with van der Waals surface area (Å²) in [6, 6.07) is 14.4. The zero-order valence-corrected chi connectivity index (χ0v) is 17.5. The summed E-state index contributed by atoms with van der Waals surface area (Å²) in [5, 5.41) is 14.6. The molecule has 31 heavy (non-hydrogen) atoms. The summed E-state index contributed by atoms with van der Waals surface area (Å²) in [4.78, 5) is 45.7. The van der Waals surface area contributed by atoms with Gasteiger partial charge in [0.1, 0.15) is 0 Å². The van der Waals surface area contributed by atoms with Gasteiger partial charge in [0, 0.05) is 25.1 Å². The Morgan fingerprint density at radius 2 is 1.71 bits per heavy atom. The summed E-state index contributed by atoms with van der Waals surface area (Å²) in [5.41, 5.74) is 3.43. The van der Waals surface area contributed by atoms with Crippen LogP contribution in [-0.2, 0) is 30.3 Å². The van der Waals surface area contributed by atoms with Crippen molar-refractivity contribution in [1.82, 2.24) is 5.32 Å². The fourth-order valence-corrected chi connectivity index (χ4v) is 3.10. The summed E-state index contributed by atoms with van der Waals surface area (Å²) < 4.78 is 4.51. The molecule has 0 radical (unpaired) electrons. The van der Waals surface area contributed by atoms with Crippen LogP contribution < -0.4 is 10.6 Å². The number of carbonyl (C=O) groups is 4. The van der Waals surface area contributed by atoms with E-state index in [0.29, 0.717) is 12.1 Å². The molecule has 0 saturated carbocycles. The molecule has 0 aliphatic rings. The van der Waals surface area contributed by atoms with Crippen molar-refractivity contribution < 1.29 is 29.0 Å². The number of rotatable bonds is 10. The van der Waals surface area contributed by atoms with Gasteiger partial charge < -0.3 is 20.5 Å². The second kappa shape index (κ2) is 11.5. The van der Waals surface area contributed by atoms with Gasteiger partial charge in [0.05, 0.1) is 20.0 Å². The highest BCUT2D eigenvalue weighted by Gasteiger charge is 2.17. The Morgan fingerprint density at radius 1 is 1.00 bits per heavy atom. The molecule has 2 amide bonds. The van der Waals surface area contributed by atoms with Crippen LogP contribution in [0.2, 0.25) is 0 Å². The zero-order chi connectivity index (χ0) is 22.8. The summed E-state index contributed by atoms with van der Waals surface area (Å²) >= 11 is 0. The van der Waals surface area contributed by atoms with Gasteiger partial charge in [-0.2, -0.15) is 0 Å². The van der Waals surface area contributed by atoms with Gasteiger partial charge in [0.15, 0.2) is 0 Å². The Hall–Kier alpha value is -3.68. The van der Waals surface area contributed by atoms with Gasteiger partial charge in [-0.15, -0.1) is 0 Å². The van der Waals surface area contributed by atoms with Crippen LogP contribution in [0.15, 0.2) is 48.5 Å². The lowest BCUT2D eigenvalue weighted by Crippen LogP contribution is -2.38. The van der Waals surface area contributed by atoms with E-state index in [0.717, 1.165) is 16.7 Å². The van der Waals surface area contributed by atoms with E-state index in [1.807, 2.05) is 42.5 Å². The number of benzene rings is 2. The number of hydrogen-bond acceptors (Lipinski definition) is 5. The number of carbonyl (C=O) groups excluding carboxylic acids is 3. The first-order chi connectivity index (χ1) is 14.8. The van der Waals surface area contributed by atoms with Crippen molar-refractivity contribution in [2.45, 2.75) is 38.6 Å². The monoisotopic (exact) mass is 426 g/mol. The third-order valence-corrected chi connectivity index (χ3v) is 4.52. The van der Waals surface area contributed by atoms with Crippen LogP contribution >= 0.6 is 0 Å². The SMILES string of the molecule is COC(=O)CCC(=O)NC(CC(=O)O)Cc1ccc(-c2cccc(NC(C)=O)c2)cc1. The molecule has 3 N–H and O–H groups in total. The van der Waals surface area contributed by atoms with Crippen LogP contribution in [0.4, 0.5) is 5.69 Å². The summed E-state index contributed by atoms with van der Waals surface area (Å²) in [6.07, 6.45) is -0.0201. The summed E-state index contributed by atoms with van der Waals surface area (Å²) in [6.45, 7) is 1.45. The van der Waals surface area contributed by atoms with E-state index in [-0.39, 0.29) is 25.2 Å². The first kappa shape index (κ1) is 23.6. The Bertz CT molecular complexity index is 939. The van der Waals surface area contributed by atoms with Crippen LogP contribution in [0.25, 0.3) is 11.1 Å². The second-order valence-electron chi connectivity index (χ2n) is 7.10. The van der Waals surface area contributed by atoms with E-state index in [9.17, 15) is 19.2 Å². The number of esters is 1. The van der Waals surface area contributed by atoms with E-state index >= 15 is 0 Å². The summed E-state index contributed by atoms with van der Waals surface area (Å²) in [5.74, 6) is -2.07. The predicted molar refractivity (Wildman–Crippen MR) is 115 cm³/mol. The molecule has 8 heteroatoms. The predicted octanol–water partition coefficient (Wildman–Crippen LogP) is 2.77. The first-order valence-electron chi connectivity index (χ1n) is 9.81. The van der Waals surface area contributed by atoms with Crippen molar-refractivity contribution in [2.75, 3.05) is 12.4 Å². The summed E-state index contributed by atoms with van der Waals surface area (Å²) in [7, 11) is 1.24. The Balaban J connectivity index is 2.05. The molecule has 164 valence electrons. The number of carboxylic acid groups (broad SMARTS) is 1. The van der Waals surface area contributed by atoms with Gasteiger partial charge in [-0.3, -0.25) is 19.2 Å². The van der Waals surface area contributed by atoms with Crippen LogP contribution in [-0.4, -0.2) is 42.0 Å². The number of ether oxygens (including phenoxy) is 1. The highest BCUT2D eigenvalue weighted by Crippen LogP contribution is 2.23. The number of anilines is 1. The fraction of sp³-hybridized carbons (Fsp3) is 0.304. The molecule has 0 aromatic heterocycles. The van der Waals surface area contributed by atoms with Gasteiger partial charge >= 0.3 is 11.9 Å². The van der Waals surface area contributed by atoms with Crippen molar-refractivity contribution in [3.8, 4) is 11.1 Å². The van der Waals surface area contributed by atoms with Gasteiger partial charge in [0.2, 0.25) is 11.8 Å². The van der Waals surface area contributed by atoms with Crippen molar-refractivity contribution in [3.63, 3.8) is 0 Å². The zero-order valence-electron chi connectivity index (χ0n) is 17.5. The van der Waals surface area contributed by atoms with E-state index in [4.69, 9.17) is 5.11 Å². The van der Waals surface area contributed by atoms with E-state index in [1.54, 1.807) is 6.07 Å². The normalized spacial score (nSPS) is 11.3. The molecule has 0 fully saturated rings. The minimum atomic E-state index is -1.02. The molecule has 8 nitrogen and oxygen atoms in total. The molecule has 0 bridgehead atoms. The molecule has 1 atom stereocenters. The molecule has 0 aliphatic carbocycles. The molecule has 1 unspecified atom stereocenters. The number of methoxy groups -OCH3 is 1.